The van der Waals surface area contributed by atoms with Crippen LogP contribution in [0.4, 0.5) is 5.13 Å². The maximum atomic E-state index is 11.2. The third-order valence-corrected chi connectivity index (χ3v) is 5.03. The number of carbonyl (C=O) groups is 1. The zero-order valence-electron chi connectivity index (χ0n) is 11.4. The van der Waals surface area contributed by atoms with Crippen molar-refractivity contribution >= 4 is 34.1 Å². The minimum absolute atomic E-state index is 0.333. The van der Waals surface area contributed by atoms with Gasteiger partial charge in [-0.15, -0.1) is 0 Å². The predicted octanol–water partition coefficient (Wildman–Crippen LogP) is 4.17. The van der Waals surface area contributed by atoms with E-state index < -0.39 is 0 Å². The van der Waals surface area contributed by atoms with Crippen molar-refractivity contribution in [3.05, 3.63) is 33.0 Å². The first-order valence-electron chi connectivity index (χ1n) is 6.33. The van der Waals surface area contributed by atoms with E-state index in [2.05, 4.69) is 40.6 Å². The highest BCUT2D eigenvalue weighted by Crippen LogP contribution is 2.31. The molecule has 2 aromatic heterocycles. The summed E-state index contributed by atoms with van der Waals surface area (Å²) in [6.45, 7) is 5.06. The quantitative estimate of drug-likeness (QED) is 0.750. The van der Waals surface area contributed by atoms with Gasteiger partial charge in [-0.3, -0.25) is 4.79 Å². The zero-order valence-corrected chi connectivity index (χ0v) is 13.1. The summed E-state index contributed by atoms with van der Waals surface area (Å²) >= 11 is 3.18. The fraction of sp³-hybridized carbons (Fsp3) is 0.429. The van der Waals surface area contributed by atoms with Crippen molar-refractivity contribution in [3.63, 3.8) is 0 Å². The second-order valence-electron chi connectivity index (χ2n) is 4.66. The number of aromatic nitrogens is 1. The molecule has 0 spiro atoms. The van der Waals surface area contributed by atoms with E-state index in [1.54, 1.807) is 11.3 Å². The van der Waals surface area contributed by atoms with E-state index in [9.17, 15) is 4.79 Å². The Bertz CT molecular complexity index is 534. The van der Waals surface area contributed by atoms with Gasteiger partial charge < -0.3 is 4.90 Å². The van der Waals surface area contributed by atoms with Crippen molar-refractivity contribution in [2.45, 2.75) is 32.7 Å². The molecule has 0 saturated carbocycles. The Hall–Kier alpha value is -1.20. The number of hydrogen-bond donors (Lipinski definition) is 0. The van der Waals surface area contributed by atoms with Crippen LogP contribution in [0.25, 0.3) is 0 Å². The molecule has 0 radical (unpaired) electrons. The first-order chi connectivity index (χ1) is 9.15. The first kappa shape index (κ1) is 14.2. The number of thiophene rings is 1. The number of nitrogens with zero attached hydrogens (tertiary/aromatic N) is 2. The smallest absolute Gasteiger partial charge is 0.186 e. The van der Waals surface area contributed by atoms with Gasteiger partial charge in [0, 0.05) is 13.6 Å². The average Bonchev–Trinajstić information content (AvgIpc) is 3.06. The molecule has 3 nitrogen and oxygen atoms in total. The predicted molar refractivity (Wildman–Crippen MR) is 82.6 cm³/mol. The van der Waals surface area contributed by atoms with E-state index >= 15 is 0 Å². The van der Waals surface area contributed by atoms with Gasteiger partial charge in [-0.25, -0.2) is 4.98 Å². The lowest BCUT2D eigenvalue weighted by atomic mass is 10.0. The Morgan fingerprint density at radius 3 is 2.89 bits per heavy atom. The molecule has 0 saturated heterocycles. The molecule has 2 aromatic rings. The van der Waals surface area contributed by atoms with Crippen molar-refractivity contribution in [1.82, 2.24) is 4.98 Å². The molecule has 19 heavy (non-hydrogen) atoms. The molecule has 0 aliphatic rings. The normalized spacial score (nSPS) is 12.4. The number of carbonyl (C=O) groups excluding carboxylic acids is 1. The minimum Gasteiger partial charge on any atom is -0.347 e. The van der Waals surface area contributed by atoms with E-state index in [-0.39, 0.29) is 0 Å². The van der Waals surface area contributed by atoms with Crippen LogP contribution in [0.15, 0.2) is 16.8 Å². The topological polar surface area (TPSA) is 33.2 Å². The van der Waals surface area contributed by atoms with Crippen LogP contribution in [-0.2, 0) is 6.54 Å². The second kappa shape index (κ2) is 6.30. The second-order valence-corrected chi connectivity index (χ2v) is 6.45. The lowest BCUT2D eigenvalue weighted by Crippen LogP contribution is -2.15. The fourth-order valence-electron chi connectivity index (χ4n) is 1.85. The van der Waals surface area contributed by atoms with Crippen molar-refractivity contribution < 1.29 is 4.79 Å². The molecule has 2 heterocycles. The molecule has 0 aliphatic carbocycles. The summed E-state index contributed by atoms with van der Waals surface area (Å²) in [4.78, 5) is 18.7. The van der Waals surface area contributed by atoms with Crippen molar-refractivity contribution in [2.75, 3.05) is 11.9 Å². The van der Waals surface area contributed by atoms with Crippen LogP contribution in [-0.4, -0.2) is 18.3 Å². The Morgan fingerprint density at radius 1 is 1.53 bits per heavy atom. The van der Waals surface area contributed by atoms with E-state index in [0.717, 1.165) is 35.0 Å². The van der Waals surface area contributed by atoms with Gasteiger partial charge in [0.25, 0.3) is 0 Å². The van der Waals surface area contributed by atoms with Gasteiger partial charge in [-0.05, 0) is 34.7 Å². The molecular weight excluding hydrogens is 276 g/mol. The Morgan fingerprint density at radius 2 is 2.32 bits per heavy atom. The number of rotatable bonds is 6. The van der Waals surface area contributed by atoms with Crippen LogP contribution in [0.1, 0.15) is 47.1 Å². The van der Waals surface area contributed by atoms with Crippen LogP contribution in [0, 0.1) is 0 Å². The van der Waals surface area contributed by atoms with Gasteiger partial charge in [-0.1, -0.05) is 25.2 Å². The first-order valence-corrected chi connectivity index (χ1v) is 8.09. The minimum atomic E-state index is 0.333. The van der Waals surface area contributed by atoms with Gasteiger partial charge >= 0.3 is 0 Å². The SMILES string of the molecule is CCC(C)c1nc(N(C)Cc2ccsc2)sc1C=O. The fourth-order valence-corrected chi connectivity index (χ4v) is 3.47. The third kappa shape index (κ3) is 3.22. The molecule has 0 fully saturated rings. The van der Waals surface area contributed by atoms with Crippen molar-refractivity contribution in [1.29, 1.82) is 0 Å². The summed E-state index contributed by atoms with van der Waals surface area (Å²) in [7, 11) is 2.02. The monoisotopic (exact) mass is 294 g/mol. The summed E-state index contributed by atoms with van der Waals surface area (Å²) in [5.41, 5.74) is 2.22. The lowest BCUT2D eigenvalue weighted by Gasteiger charge is -2.14. The highest BCUT2D eigenvalue weighted by molar-refractivity contribution is 7.17. The van der Waals surface area contributed by atoms with Crippen LogP contribution < -0.4 is 4.90 Å². The van der Waals surface area contributed by atoms with E-state index in [1.165, 1.54) is 16.9 Å². The third-order valence-electron chi connectivity index (χ3n) is 3.18. The van der Waals surface area contributed by atoms with E-state index in [1.807, 2.05) is 7.05 Å². The summed E-state index contributed by atoms with van der Waals surface area (Å²) in [5, 5.41) is 5.14. The molecule has 0 aliphatic heterocycles. The van der Waals surface area contributed by atoms with Crippen LogP contribution in [0.3, 0.4) is 0 Å². The maximum Gasteiger partial charge on any atom is 0.186 e. The number of thiazole rings is 1. The summed E-state index contributed by atoms with van der Waals surface area (Å²) in [6, 6.07) is 2.12. The summed E-state index contributed by atoms with van der Waals surface area (Å²) < 4.78 is 0. The molecule has 2 rings (SSSR count). The number of aldehydes is 1. The maximum absolute atomic E-state index is 11.2. The number of anilines is 1. The van der Waals surface area contributed by atoms with Gasteiger partial charge in [-0.2, -0.15) is 11.3 Å². The Kier molecular flexibility index (Phi) is 4.71. The molecule has 0 amide bonds. The van der Waals surface area contributed by atoms with Gasteiger partial charge in [0.15, 0.2) is 11.4 Å². The average molecular weight is 294 g/mol. The van der Waals surface area contributed by atoms with E-state index in [0.29, 0.717) is 5.92 Å². The van der Waals surface area contributed by atoms with Gasteiger partial charge in [0.05, 0.1) is 10.6 Å². The largest absolute Gasteiger partial charge is 0.347 e. The lowest BCUT2D eigenvalue weighted by molar-refractivity contribution is 0.112. The molecule has 5 heteroatoms. The van der Waals surface area contributed by atoms with Crippen molar-refractivity contribution in [3.8, 4) is 0 Å². The Balaban J connectivity index is 2.20. The van der Waals surface area contributed by atoms with Gasteiger partial charge in [0.1, 0.15) is 0 Å². The van der Waals surface area contributed by atoms with Crippen LogP contribution >= 0.6 is 22.7 Å². The van der Waals surface area contributed by atoms with Crippen LogP contribution in [0.5, 0.6) is 0 Å². The van der Waals surface area contributed by atoms with Gasteiger partial charge in [0.2, 0.25) is 0 Å². The summed E-state index contributed by atoms with van der Waals surface area (Å²) in [5.74, 6) is 0.333. The standard InChI is InChI=1S/C14H18N2OS2/c1-4-10(2)13-12(8-17)19-14(15-13)16(3)7-11-5-6-18-9-11/h5-6,8-10H,4,7H2,1-3H3. The highest BCUT2D eigenvalue weighted by Gasteiger charge is 2.17. The molecule has 1 unspecified atom stereocenters. The van der Waals surface area contributed by atoms with Crippen LogP contribution in [0.2, 0.25) is 0 Å². The number of hydrogen-bond acceptors (Lipinski definition) is 5. The van der Waals surface area contributed by atoms with E-state index in [4.69, 9.17) is 0 Å². The molecule has 0 N–H and O–H groups in total. The molecule has 102 valence electrons. The molecule has 0 bridgehead atoms. The molecule has 0 aromatic carbocycles. The van der Waals surface area contributed by atoms with Crippen molar-refractivity contribution in [2.24, 2.45) is 0 Å². The summed E-state index contributed by atoms with van der Waals surface area (Å²) in [6.07, 6.45) is 1.93. The molecule has 1 atom stereocenters. The molecular formula is C14H18N2OS2. The highest BCUT2D eigenvalue weighted by atomic mass is 32.1. The Labute approximate surface area is 121 Å². The zero-order chi connectivity index (χ0) is 13.8.